The zero-order chi connectivity index (χ0) is 19.7. The molecule has 0 aliphatic rings. The van der Waals surface area contributed by atoms with E-state index in [1.807, 2.05) is 0 Å². The summed E-state index contributed by atoms with van der Waals surface area (Å²) in [7, 11) is -2.68. The van der Waals surface area contributed by atoms with E-state index >= 15 is 0 Å². The zero-order valence-corrected chi connectivity index (χ0v) is 18.7. The van der Waals surface area contributed by atoms with Gasteiger partial charge in [0.05, 0.1) is 0 Å². The highest BCUT2D eigenvalue weighted by molar-refractivity contribution is 6.69. The predicted octanol–water partition coefficient (Wildman–Crippen LogP) is 6.67. The Morgan fingerprint density at radius 1 is 0.615 bits per heavy atom. The standard InChI is InChI=1S/C21H42O4Si/c1-5-6-7-8-9-10-11-12-13-14-15-16-17-18-19-26(4,24-20(2)22)25-21(3)23/h5-19H2,1-4H3. The molecule has 0 bridgehead atoms. The lowest BCUT2D eigenvalue weighted by atomic mass is 10.0. The van der Waals surface area contributed by atoms with Crippen LogP contribution >= 0.6 is 0 Å². The fourth-order valence-electron chi connectivity index (χ4n) is 3.37. The molecule has 26 heavy (non-hydrogen) atoms. The minimum absolute atomic E-state index is 0.356. The largest absolute Gasteiger partial charge is 0.485 e. The summed E-state index contributed by atoms with van der Waals surface area (Å²) in [5, 5.41) is 0. The monoisotopic (exact) mass is 386 g/mol. The van der Waals surface area contributed by atoms with Gasteiger partial charge in [-0.15, -0.1) is 0 Å². The van der Waals surface area contributed by atoms with Crippen LogP contribution in [0.3, 0.4) is 0 Å². The van der Waals surface area contributed by atoms with E-state index in [-0.39, 0.29) is 11.9 Å². The van der Waals surface area contributed by atoms with Crippen molar-refractivity contribution in [3.63, 3.8) is 0 Å². The van der Waals surface area contributed by atoms with Gasteiger partial charge in [0.15, 0.2) is 0 Å². The van der Waals surface area contributed by atoms with E-state index in [0.29, 0.717) is 6.04 Å². The van der Waals surface area contributed by atoms with Gasteiger partial charge in [-0.2, -0.15) is 0 Å². The SMILES string of the molecule is CCCCCCCCCCCCCCCC[Si](C)(OC(C)=O)OC(C)=O. The van der Waals surface area contributed by atoms with Crippen molar-refractivity contribution in [2.75, 3.05) is 0 Å². The number of carbonyl (C=O) groups is 2. The summed E-state index contributed by atoms with van der Waals surface area (Å²) in [6, 6.07) is 0.699. The minimum Gasteiger partial charge on any atom is -0.485 e. The first kappa shape index (κ1) is 25.2. The third-order valence-electron chi connectivity index (χ3n) is 4.70. The molecular weight excluding hydrogens is 344 g/mol. The van der Waals surface area contributed by atoms with Gasteiger partial charge in [0.2, 0.25) is 0 Å². The summed E-state index contributed by atoms with van der Waals surface area (Å²) in [6.45, 7) is 6.82. The zero-order valence-electron chi connectivity index (χ0n) is 17.7. The van der Waals surface area contributed by atoms with Gasteiger partial charge in [0.25, 0.3) is 11.9 Å². The first-order chi connectivity index (χ1) is 12.4. The molecule has 0 radical (unpaired) electrons. The third-order valence-corrected chi connectivity index (χ3v) is 7.40. The van der Waals surface area contributed by atoms with Crippen molar-refractivity contribution in [1.82, 2.24) is 0 Å². The summed E-state index contributed by atoms with van der Waals surface area (Å²) in [5.74, 6) is -0.712. The Bertz CT molecular complexity index is 355. The average Bonchev–Trinajstić information content (AvgIpc) is 2.53. The Morgan fingerprint density at radius 3 is 1.23 bits per heavy atom. The topological polar surface area (TPSA) is 52.6 Å². The molecule has 4 nitrogen and oxygen atoms in total. The first-order valence-electron chi connectivity index (χ1n) is 10.8. The van der Waals surface area contributed by atoms with Gasteiger partial charge in [-0.1, -0.05) is 90.4 Å². The molecule has 0 unspecified atom stereocenters. The number of rotatable bonds is 17. The van der Waals surface area contributed by atoms with Crippen LogP contribution in [0.2, 0.25) is 12.6 Å². The lowest BCUT2D eigenvalue weighted by molar-refractivity contribution is -0.138. The fraction of sp³-hybridized carbons (Fsp3) is 0.905. The van der Waals surface area contributed by atoms with Crippen molar-refractivity contribution < 1.29 is 18.4 Å². The van der Waals surface area contributed by atoms with Crippen LogP contribution in [0.15, 0.2) is 0 Å². The number of hydrogen-bond acceptors (Lipinski definition) is 4. The highest BCUT2D eigenvalue weighted by atomic mass is 28.4. The Balaban J connectivity index is 3.53. The van der Waals surface area contributed by atoms with Crippen LogP contribution in [0.25, 0.3) is 0 Å². The molecule has 0 aliphatic carbocycles. The second kappa shape index (κ2) is 16.3. The van der Waals surface area contributed by atoms with Crippen molar-refractivity contribution in [3.8, 4) is 0 Å². The van der Waals surface area contributed by atoms with Crippen molar-refractivity contribution in [1.29, 1.82) is 0 Å². The van der Waals surface area contributed by atoms with Gasteiger partial charge in [-0.25, -0.2) is 0 Å². The van der Waals surface area contributed by atoms with Crippen LogP contribution in [0.5, 0.6) is 0 Å². The maximum absolute atomic E-state index is 11.2. The van der Waals surface area contributed by atoms with Crippen molar-refractivity contribution in [2.45, 2.75) is 123 Å². The van der Waals surface area contributed by atoms with Crippen LogP contribution in [0, 0.1) is 0 Å². The van der Waals surface area contributed by atoms with E-state index in [1.54, 1.807) is 6.55 Å². The molecule has 0 spiro atoms. The van der Waals surface area contributed by atoms with Crippen LogP contribution in [0.1, 0.15) is 111 Å². The highest BCUT2D eigenvalue weighted by Gasteiger charge is 2.37. The van der Waals surface area contributed by atoms with E-state index in [1.165, 1.54) is 90.9 Å². The number of hydrogen-bond donors (Lipinski definition) is 0. The molecule has 154 valence electrons. The summed E-state index contributed by atoms with van der Waals surface area (Å²) in [4.78, 5) is 22.4. The molecule has 0 aliphatic heterocycles. The Kier molecular flexibility index (Phi) is 15.8. The molecule has 0 saturated carbocycles. The maximum atomic E-state index is 11.2. The van der Waals surface area contributed by atoms with Crippen LogP contribution in [-0.4, -0.2) is 20.5 Å². The smallest absolute Gasteiger partial charge is 0.461 e. The molecule has 0 aromatic heterocycles. The fourth-order valence-corrected chi connectivity index (χ4v) is 5.73. The summed E-state index contributed by atoms with van der Waals surface area (Å²) >= 11 is 0. The second-order valence-electron chi connectivity index (χ2n) is 7.67. The minimum atomic E-state index is -2.68. The van der Waals surface area contributed by atoms with Gasteiger partial charge in [-0.3, -0.25) is 9.59 Å². The van der Waals surface area contributed by atoms with Crippen molar-refractivity contribution >= 4 is 20.5 Å². The molecule has 0 saturated heterocycles. The summed E-state index contributed by atoms with van der Waals surface area (Å²) in [5.41, 5.74) is 0. The molecule has 0 heterocycles. The van der Waals surface area contributed by atoms with Gasteiger partial charge in [0, 0.05) is 26.4 Å². The van der Waals surface area contributed by atoms with Crippen LogP contribution in [0.4, 0.5) is 0 Å². The van der Waals surface area contributed by atoms with Gasteiger partial charge >= 0.3 is 8.56 Å². The lowest BCUT2D eigenvalue weighted by Crippen LogP contribution is -2.41. The first-order valence-corrected chi connectivity index (χ1v) is 13.3. The van der Waals surface area contributed by atoms with Crippen molar-refractivity contribution in [3.05, 3.63) is 0 Å². The Morgan fingerprint density at radius 2 is 0.923 bits per heavy atom. The van der Waals surface area contributed by atoms with E-state index in [9.17, 15) is 9.59 Å². The van der Waals surface area contributed by atoms with Gasteiger partial charge in [-0.05, 0) is 6.42 Å². The number of unbranched alkanes of at least 4 members (excludes halogenated alkanes) is 13. The molecule has 0 fully saturated rings. The van der Waals surface area contributed by atoms with E-state index in [0.717, 1.165) is 12.8 Å². The molecule has 0 N–H and O–H groups in total. The lowest BCUT2D eigenvalue weighted by Gasteiger charge is -2.24. The Labute approximate surface area is 162 Å². The summed E-state index contributed by atoms with van der Waals surface area (Å²) < 4.78 is 10.6. The molecular formula is C21H42O4Si. The molecule has 0 rings (SSSR count). The molecule has 0 atom stereocenters. The van der Waals surface area contributed by atoms with E-state index < -0.39 is 8.56 Å². The average molecular weight is 387 g/mol. The second-order valence-corrected chi connectivity index (χ2v) is 10.8. The van der Waals surface area contributed by atoms with E-state index in [2.05, 4.69) is 6.92 Å². The quantitative estimate of drug-likeness (QED) is 0.207. The normalized spacial score (nSPS) is 11.4. The predicted molar refractivity (Wildman–Crippen MR) is 110 cm³/mol. The highest BCUT2D eigenvalue weighted by Crippen LogP contribution is 2.20. The molecule has 5 heteroatoms. The van der Waals surface area contributed by atoms with Gasteiger partial charge < -0.3 is 8.85 Å². The molecule has 0 aromatic rings. The third kappa shape index (κ3) is 16.6. The van der Waals surface area contributed by atoms with Gasteiger partial charge in [0.1, 0.15) is 0 Å². The van der Waals surface area contributed by atoms with Crippen LogP contribution < -0.4 is 0 Å². The summed E-state index contributed by atoms with van der Waals surface area (Å²) in [6.07, 6.45) is 18.3. The van der Waals surface area contributed by atoms with E-state index in [4.69, 9.17) is 8.85 Å². The Hall–Kier alpha value is -0.843. The maximum Gasteiger partial charge on any atom is 0.461 e. The molecule has 0 amide bonds. The van der Waals surface area contributed by atoms with Crippen LogP contribution in [-0.2, 0) is 18.4 Å². The molecule has 0 aromatic carbocycles. The number of carbonyl (C=O) groups excluding carboxylic acids is 2. The van der Waals surface area contributed by atoms with Crippen molar-refractivity contribution in [2.24, 2.45) is 0 Å².